The minimum Gasteiger partial charge on any atom is -0.254 e. The van der Waals surface area contributed by atoms with Gasteiger partial charge >= 0.3 is 0 Å². The van der Waals surface area contributed by atoms with Crippen molar-refractivity contribution in [1.29, 1.82) is 0 Å². The first-order valence-electron chi connectivity index (χ1n) is 16.7. The summed E-state index contributed by atoms with van der Waals surface area (Å²) in [7, 11) is 0. The Balaban J connectivity index is 1.20. The average molecular weight is 613 g/mol. The number of fused-ring (bicyclic) bond motifs is 12. The summed E-state index contributed by atoms with van der Waals surface area (Å²) in [5.74, 6) is 0. The maximum atomic E-state index is 5.17. The molecule has 0 bridgehead atoms. The van der Waals surface area contributed by atoms with Gasteiger partial charge in [0.1, 0.15) is 0 Å². The summed E-state index contributed by atoms with van der Waals surface area (Å²) in [6.45, 7) is 4.77. The molecular weight excluding hydrogens is 581 g/mol. The predicted molar refractivity (Wildman–Crippen MR) is 197 cm³/mol. The van der Waals surface area contributed by atoms with E-state index in [1.165, 1.54) is 55.6 Å². The number of nitrogens with zero attached hydrogens (tertiary/aromatic N) is 2. The van der Waals surface area contributed by atoms with Crippen LogP contribution in [0.5, 0.6) is 0 Å². The van der Waals surface area contributed by atoms with Gasteiger partial charge < -0.3 is 0 Å². The van der Waals surface area contributed by atoms with Crippen molar-refractivity contribution in [3.8, 4) is 33.5 Å². The molecule has 1 spiro atoms. The SMILES string of the molecule is CC1(C)c2ccccc2C2(c3ccccc3-c3ccccc32)c2cc(-c3cccc(-c4ccc5ccc6cccnc6c5n4)c3)ccc21. The number of benzene rings is 6. The van der Waals surface area contributed by atoms with E-state index in [1.54, 1.807) is 0 Å². The molecule has 8 aromatic rings. The first-order chi connectivity index (χ1) is 23.5. The van der Waals surface area contributed by atoms with Crippen LogP contribution in [0.2, 0.25) is 0 Å². The van der Waals surface area contributed by atoms with Crippen LogP contribution in [0.3, 0.4) is 0 Å². The van der Waals surface area contributed by atoms with Crippen LogP contribution < -0.4 is 0 Å². The van der Waals surface area contributed by atoms with E-state index in [2.05, 4.69) is 164 Å². The third-order valence-corrected chi connectivity index (χ3v) is 11.0. The average Bonchev–Trinajstić information content (AvgIpc) is 3.45. The minimum atomic E-state index is -0.407. The Morgan fingerprint density at radius 3 is 1.79 bits per heavy atom. The Morgan fingerprint density at radius 1 is 0.417 bits per heavy atom. The van der Waals surface area contributed by atoms with Crippen LogP contribution in [-0.2, 0) is 10.8 Å². The Kier molecular flexibility index (Phi) is 5.58. The van der Waals surface area contributed by atoms with Crippen molar-refractivity contribution in [2.75, 3.05) is 0 Å². The second-order valence-corrected chi connectivity index (χ2v) is 13.8. The molecule has 0 N–H and O–H groups in total. The molecule has 226 valence electrons. The molecule has 2 heterocycles. The molecule has 0 radical (unpaired) electrons. The smallest absolute Gasteiger partial charge is 0.0972 e. The summed E-state index contributed by atoms with van der Waals surface area (Å²) in [4.78, 5) is 9.85. The zero-order chi connectivity index (χ0) is 32.0. The zero-order valence-corrected chi connectivity index (χ0v) is 26.9. The Hall–Kier alpha value is -5.86. The largest absolute Gasteiger partial charge is 0.254 e. The number of pyridine rings is 2. The lowest BCUT2D eigenvalue weighted by Gasteiger charge is -2.46. The van der Waals surface area contributed by atoms with Crippen LogP contribution >= 0.6 is 0 Å². The highest BCUT2D eigenvalue weighted by molar-refractivity contribution is 6.03. The summed E-state index contributed by atoms with van der Waals surface area (Å²) < 4.78 is 0. The maximum Gasteiger partial charge on any atom is 0.0972 e. The van der Waals surface area contributed by atoms with Crippen molar-refractivity contribution in [2.24, 2.45) is 0 Å². The molecule has 48 heavy (non-hydrogen) atoms. The van der Waals surface area contributed by atoms with Crippen LogP contribution in [0.25, 0.3) is 55.3 Å². The zero-order valence-electron chi connectivity index (χ0n) is 26.9. The van der Waals surface area contributed by atoms with Gasteiger partial charge in [-0.25, -0.2) is 4.98 Å². The molecule has 0 atom stereocenters. The van der Waals surface area contributed by atoms with Crippen LogP contribution in [0, 0.1) is 0 Å². The van der Waals surface area contributed by atoms with Crippen LogP contribution in [0.4, 0.5) is 0 Å². The Bertz CT molecular complexity index is 2560. The highest BCUT2D eigenvalue weighted by atomic mass is 14.8. The Morgan fingerprint density at radius 2 is 1.02 bits per heavy atom. The summed E-state index contributed by atoms with van der Waals surface area (Å²) in [5, 5.41) is 2.20. The third kappa shape index (κ3) is 3.58. The number of aromatic nitrogens is 2. The minimum absolute atomic E-state index is 0.157. The van der Waals surface area contributed by atoms with E-state index < -0.39 is 5.41 Å². The molecule has 2 heteroatoms. The quantitative estimate of drug-likeness (QED) is 0.182. The molecule has 0 amide bonds. The monoisotopic (exact) mass is 612 g/mol. The van der Waals surface area contributed by atoms with Gasteiger partial charge in [-0.2, -0.15) is 0 Å². The van der Waals surface area contributed by atoms with Gasteiger partial charge in [-0.3, -0.25) is 4.98 Å². The van der Waals surface area contributed by atoms with Gasteiger partial charge in [0.2, 0.25) is 0 Å². The molecule has 0 unspecified atom stereocenters. The van der Waals surface area contributed by atoms with E-state index in [4.69, 9.17) is 4.98 Å². The van der Waals surface area contributed by atoms with Gasteiger partial charge in [-0.05, 0) is 79.9 Å². The van der Waals surface area contributed by atoms with E-state index in [-0.39, 0.29) is 5.41 Å². The van der Waals surface area contributed by atoms with Crippen molar-refractivity contribution in [1.82, 2.24) is 9.97 Å². The molecule has 0 aliphatic heterocycles. The molecule has 0 saturated heterocycles. The van der Waals surface area contributed by atoms with Crippen LogP contribution in [-0.4, -0.2) is 9.97 Å². The number of hydrogen-bond acceptors (Lipinski definition) is 2. The molecule has 2 aromatic heterocycles. The third-order valence-electron chi connectivity index (χ3n) is 11.0. The topological polar surface area (TPSA) is 25.8 Å². The van der Waals surface area contributed by atoms with Crippen molar-refractivity contribution in [3.63, 3.8) is 0 Å². The molecule has 0 saturated carbocycles. The molecule has 2 aliphatic carbocycles. The first kappa shape index (κ1) is 27.3. The standard InChI is InChI=1S/C46H32N2/c1-45(2)38-18-7-8-19-40(38)46(36-16-5-3-14-34(36)35-15-4-6-17-37(35)46)41-28-32(22-24-39(41)45)31-11-9-12-33(27-31)42-25-23-30-21-20-29-13-10-26-47-43(29)44(30)48-42/h3-28H,1-2H3. The van der Waals surface area contributed by atoms with E-state index >= 15 is 0 Å². The normalized spacial score (nSPS) is 14.8. The predicted octanol–water partition coefficient (Wildman–Crippen LogP) is 11.1. The summed E-state index contributed by atoms with van der Waals surface area (Å²) in [6.07, 6.45) is 1.85. The van der Waals surface area contributed by atoms with Crippen LogP contribution in [0.1, 0.15) is 47.2 Å². The van der Waals surface area contributed by atoms with E-state index in [9.17, 15) is 0 Å². The van der Waals surface area contributed by atoms with E-state index in [0.717, 1.165) is 33.1 Å². The summed E-state index contributed by atoms with van der Waals surface area (Å²) in [6, 6.07) is 55.9. The van der Waals surface area contributed by atoms with Gasteiger partial charge in [0, 0.05) is 27.9 Å². The molecule has 0 fully saturated rings. The molecule has 10 rings (SSSR count). The van der Waals surface area contributed by atoms with Crippen LogP contribution in [0.15, 0.2) is 158 Å². The second-order valence-electron chi connectivity index (χ2n) is 13.8. The van der Waals surface area contributed by atoms with Crippen molar-refractivity contribution in [2.45, 2.75) is 24.7 Å². The first-order valence-corrected chi connectivity index (χ1v) is 16.7. The number of hydrogen-bond donors (Lipinski definition) is 0. The fourth-order valence-corrected chi connectivity index (χ4v) is 8.78. The lowest BCUT2D eigenvalue weighted by atomic mass is 9.55. The van der Waals surface area contributed by atoms with Gasteiger partial charge in [0.15, 0.2) is 0 Å². The van der Waals surface area contributed by atoms with Gasteiger partial charge in [0.05, 0.1) is 22.1 Å². The van der Waals surface area contributed by atoms with Crippen molar-refractivity contribution in [3.05, 3.63) is 191 Å². The highest BCUT2D eigenvalue weighted by Gasteiger charge is 2.53. The number of rotatable bonds is 2. The summed E-state index contributed by atoms with van der Waals surface area (Å²) >= 11 is 0. The van der Waals surface area contributed by atoms with E-state index in [1.807, 2.05) is 12.3 Å². The van der Waals surface area contributed by atoms with Gasteiger partial charge in [-0.1, -0.05) is 141 Å². The fraction of sp³-hybridized carbons (Fsp3) is 0.0870. The fourth-order valence-electron chi connectivity index (χ4n) is 8.78. The highest BCUT2D eigenvalue weighted by Crippen LogP contribution is 2.62. The van der Waals surface area contributed by atoms with Crippen molar-refractivity contribution < 1.29 is 0 Å². The molecular formula is C46H32N2. The van der Waals surface area contributed by atoms with Gasteiger partial charge in [0.25, 0.3) is 0 Å². The summed E-state index contributed by atoms with van der Waals surface area (Å²) in [5.41, 5.74) is 16.6. The molecule has 6 aromatic carbocycles. The molecule has 2 nitrogen and oxygen atoms in total. The maximum absolute atomic E-state index is 5.17. The second kappa shape index (κ2) is 9.82. The lowest BCUT2D eigenvalue weighted by molar-refractivity contribution is 0.563. The van der Waals surface area contributed by atoms with Gasteiger partial charge in [-0.15, -0.1) is 0 Å². The molecule has 2 aliphatic rings. The Labute approximate surface area is 280 Å². The van der Waals surface area contributed by atoms with Crippen molar-refractivity contribution >= 4 is 21.8 Å². The van der Waals surface area contributed by atoms with E-state index in [0.29, 0.717) is 0 Å². The lowest BCUT2D eigenvalue weighted by Crippen LogP contribution is -2.40.